The molecule has 0 saturated heterocycles. The van der Waals surface area contributed by atoms with Crippen molar-refractivity contribution in [3.8, 4) is 0 Å². The van der Waals surface area contributed by atoms with Gasteiger partial charge in [0.1, 0.15) is 0 Å². The topological polar surface area (TPSA) is 9.23 Å². The maximum Gasteiger partial charge on any atom is 0.0882 e. The molecule has 0 spiro atoms. The van der Waals surface area contributed by atoms with E-state index in [0.29, 0.717) is 6.10 Å². The van der Waals surface area contributed by atoms with E-state index < -0.39 is 0 Å². The average molecular weight is 191 g/mol. The summed E-state index contributed by atoms with van der Waals surface area (Å²) in [7, 11) is 1.76. The van der Waals surface area contributed by atoms with Gasteiger partial charge in [-0.2, -0.15) is 0 Å². The molecule has 1 rings (SSSR count). The highest BCUT2D eigenvalue weighted by molar-refractivity contribution is 9.11. The van der Waals surface area contributed by atoms with Crippen LogP contribution in [0.2, 0.25) is 0 Å². The lowest BCUT2D eigenvalue weighted by molar-refractivity contribution is 0.125. The first-order valence-electron chi connectivity index (χ1n) is 3.23. The Kier molecular flexibility index (Phi) is 2.73. The second kappa shape index (κ2) is 3.37. The molecule has 0 radical (unpaired) electrons. The fourth-order valence-corrected chi connectivity index (χ4v) is 1.69. The molecule has 0 aromatic carbocycles. The van der Waals surface area contributed by atoms with Crippen LogP contribution in [0.4, 0.5) is 0 Å². The van der Waals surface area contributed by atoms with Gasteiger partial charge in [-0.05, 0) is 19.3 Å². The van der Waals surface area contributed by atoms with Gasteiger partial charge in [0.2, 0.25) is 0 Å². The van der Waals surface area contributed by atoms with Crippen LogP contribution in [0.1, 0.15) is 19.3 Å². The van der Waals surface area contributed by atoms with E-state index in [9.17, 15) is 0 Å². The summed E-state index contributed by atoms with van der Waals surface area (Å²) < 4.78 is 6.41. The van der Waals surface area contributed by atoms with Gasteiger partial charge in [-0.3, -0.25) is 0 Å². The molecule has 9 heavy (non-hydrogen) atoms. The van der Waals surface area contributed by atoms with E-state index in [1.165, 1.54) is 17.3 Å². The molecule has 0 N–H and O–H groups in total. The molecule has 0 unspecified atom stereocenters. The number of ether oxygens (including phenoxy) is 1. The monoisotopic (exact) mass is 190 g/mol. The third-order valence-electron chi connectivity index (χ3n) is 1.60. The summed E-state index contributed by atoms with van der Waals surface area (Å²) in [6.45, 7) is 0. The highest BCUT2D eigenvalue weighted by Crippen LogP contribution is 2.24. The number of methoxy groups -OCH3 is 1. The van der Waals surface area contributed by atoms with Crippen LogP contribution in [0, 0.1) is 0 Å². The minimum atomic E-state index is 0.332. The van der Waals surface area contributed by atoms with Crippen LogP contribution in [-0.2, 0) is 4.74 Å². The van der Waals surface area contributed by atoms with Crippen molar-refractivity contribution in [3.63, 3.8) is 0 Å². The van der Waals surface area contributed by atoms with Crippen LogP contribution in [0.25, 0.3) is 0 Å². The maximum absolute atomic E-state index is 5.19. The third-order valence-corrected chi connectivity index (χ3v) is 2.44. The first-order valence-corrected chi connectivity index (χ1v) is 4.02. The van der Waals surface area contributed by atoms with E-state index in [-0.39, 0.29) is 0 Å². The minimum Gasteiger partial charge on any atom is -0.376 e. The van der Waals surface area contributed by atoms with E-state index >= 15 is 0 Å². The second-order valence-corrected chi connectivity index (χ2v) is 3.16. The van der Waals surface area contributed by atoms with Crippen molar-refractivity contribution in [1.82, 2.24) is 0 Å². The van der Waals surface area contributed by atoms with E-state index in [1.54, 1.807) is 7.11 Å². The van der Waals surface area contributed by atoms with Crippen LogP contribution < -0.4 is 0 Å². The smallest absolute Gasteiger partial charge is 0.0882 e. The Labute approximate surface area is 64.2 Å². The molecule has 0 aromatic heterocycles. The third kappa shape index (κ3) is 1.80. The van der Waals surface area contributed by atoms with Gasteiger partial charge in [0.15, 0.2) is 0 Å². The zero-order valence-corrected chi connectivity index (χ0v) is 7.15. The van der Waals surface area contributed by atoms with Gasteiger partial charge in [-0.25, -0.2) is 0 Å². The molecular formula is C7H11BrO. The van der Waals surface area contributed by atoms with Crippen molar-refractivity contribution < 1.29 is 4.74 Å². The van der Waals surface area contributed by atoms with Crippen LogP contribution in [0.15, 0.2) is 10.6 Å². The molecular weight excluding hydrogens is 180 g/mol. The molecule has 1 aliphatic carbocycles. The van der Waals surface area contributed by atoms with Crippen LogP contribution >= 0.6 is 15.9 Å². The maximum atomic E-state index is 5.19. The number of rotatable bonds is 1. The van der Waals surface area contributed by atoms with Crippen molar-refractivity contribution in [2.75, 3.05) is 7.11 Å². The van der Waals surface area contributed by atoms with Gasteiger partial charge in [0, 0.05) is 11.6 Å². The van der Waals surface area contributed by atoms with Crippen molar-refractivity contribution in [3.05, 3.63) is 10.6 Å². The van der Waals surface area contributed by atoms with Crippen molar-refractivity contribution >= 4 is 15.9 Å². The number of hydrogen-bond acceptors (Lipinski definition) is 1. The van der Waals surface area contributed by atoms with Gasteiger partial charge in [0.05, 0.1) is 6.10 Å². The van der Waals surface area contributed by atoms with Gasteiger partial charge in [-0.1, -0.05) is 22.0 Å². The zero-order chi connectivity index (χ0) is 6.69. The predicted molar refractivity (Wildman–Crippen MR) is 41.7 cm³/mol. The van der Waals surface area contributed by atoms with E-state index in [2.05, 4.69) is 22.0 Å². The Morgan fingerprint density at radius 1 is 1.78 bits per heavy atom. The quantitative estimate of drug-likeness (QED) is 0.618. The molecule has 1 aliphatic rings. The summed E-state index contributed by atoms with van der Waals surface area (Å²) in [5.41, 5.74) is 0. The Balaban J connectivity index is 2.50. The number of allylic oxidation sites excluding steroid dienone is 1. The predicted octanol–water partition coefficient (Wildman–Crippen LogP) is 2.46. The summed E-state index contributed by atoms with van der Waals surface area (Å²) >= 11 is 3.45. The average Bonchev–Trinajstić information content (AvgIpc) is 1.89. The molecule has 2 heteroatoms. The van der Waals surface area contributed by atoms with E-state index in [0.717, 1.165) is 6.42 Å². The molecule has 52 valence electrons. The van der Waals surface area contributed by atoms with Gasteiger partial charge in [-0.15, -0.1) is 0 Å². The fraction of sp³-hybridized carbons (Fsp3) is 0.714. The lowest BCUT2D eigenvalue weighted by atomic mass is 10.1. The van der Waals surface area contributed by atoms with Gasteiger partial charge < -0.3 is 4.74 Å². The van der Waals surface area contributed by atoms with Crippen molar-refractivity contribution in [2.45, 2.75) is 25.4 Å². The van der Waals surface area contributed by atoms with E-state index in [1.807, 2.05) is 0 Å². The molecule has 1 nitrogen and oxygen atoms in total. The zero-order valence-electron chi connectivity index (χ0n) is 5.56. The Hall–Kier alpha value is 0.180. The Morgan fingerprint density at radius 2 is 2.56 bits per heavy atom. The lowest BCUT2D eigenvalue weighted by Gasteiger charge is -2.18. The van der Waals surface area contributed by atoms with Crippen molar-refractivity contribution in [2.24, 2.45) is 0 Å². The SMILES string of the molecule is CO[C@@H]1CCCC=C1Br. The molecule has 0 aliphatic heterocycles. The summed E-state index contributed by atoms with van der Waals surface area (Å²) in [5, 5.41) is 0. The van der Waals surface area contributed by atoms with E-state index in [4.69, 9.17) is 4.74 Å². The highest BCUT2D eigenvalue weighted by atomic mass is 79.9. The van der Waals surface area contributed by atoms with Gasteiger partial charge in [0.25, 0.3) is 0 Å². The largest absolute Gasteiger partial charge is 0.376 e. The Morgan fingerprint density at radius 3 is 3.00 bits per heavy atom. The molecule has 0 amide bonds. The lowest BCUT2D eigenvalue weighted by Crippen LogP contribution is -2.12. The van der Waals surface area contributed by atoms with Crippen molar-refractivity contribution in [1.29, 1.82) is 0 Å². The summed E-state index contributed by atoms with van der Waals surface area (Å²) in [4.78, 5) is 0. The molecule has 0 heterocycles. The standard InChI is InChI=1S/C7H11BrO/c1-9-7-5-3-2-4-6(7)8/h4,7H,2-3,5H2,1H3/t7-/m1/s1. The minimum absolute atomic E-state index is 0.332. The summed E-state index contributed by atoms with van der Waals surface area (Å²) in [6.07, 6.45) is 6.14. The Bertz CT molecular complexity index is 120. The first-order chi connectivity index (χ1) is 4.34. The van der Waals surface area contributed by atoms with Gasteiger partial charge >= 0.3 is 0 Å². The normalized spacial score (nSPS) is 27.8. The molecule has 1 atom stereocenters. The second-order valence-electron chi connectivity index (χ2n) is 2.24. The number of halogens is 1. The first kappa shape index (κ1) is 7.29. The molecule has 0 fully saturated rings. The van der Waals surface area contributed by atoms with Crippen LogP contribution in [0.5, 0.6) is 0 Å². The fourth-order valence-electron chi connectivity index (χ4n) is 1.04. The number of hydrogen-bond donors (Lipinski definition) is 0. The summed E-state index contributed by atoms with van der Waals surface area (Å²) in [6, 6.07) is 0. The van der Waals surface area contributed by atoms with Crippen LogP contribution in [0.3, 0.4) is 0 Å². The molecule has 0 aromatic rings. The van der Waals surface area contributed by atoms with Crippen LogP contribution in [-0.4, -0.2) is 13.2 Å². The highest BCUT2D eigenvalue weighted by Gasteiger charge is 2.13. The summed E-state index contributed by atoms with van der Waals surface area (Å²) in [5.74, 6) is 0. The molecule has 0 bridgehead atoms. The molecule has 0 saturated carbocycles.